The summed E-state index contributed by atoms with van der Waals surface area (Å²) in [5, 5.41) is 13.8. The monoisotopic (exact) mass is 440 g/mol. The number of aromatic nitrogens is 2. The van der Waals surface area contributed by atoms with Crippen LogP contribution in [-0.4, -0.2) is 24.1 Å². The van der Waals surface area contributed by atoms with Crippen LogP contribution in [0, 0.1) is 0 Å². The molecule has 9 heteroatoms. The number of amides is 1. The summed E-state index contributed by atoms with van der Waals surface area (Å²) in [6.45, 7) is 0. The molecule has 7 nitrogen and oxygen atoms in total. The number of rotatable bonds is 5. The summed E-state index contributed by atoms with van der Waals surface area (Å²) in [6, 6.07) is 18.9. The van der Waals surface area contributed by atoms with Gasteiger partial charge in [0.2, 0.25) is 15.9 Å². The lowest BCUT2D eigenvalue weighted by Gasteiger charge is -2.12. The van der Waals surface area contributed by atoms with Crippen molar-refractivity contribution >= 4 is 44.1 Å². The van der Waals surface area contributed by atoms with Crippen molar-refractivity contribution in [2.24, 2.45) is 5.14 Å². The first kappa shape index (κ1) is 20.1. The van der Waals surface area contributed by atoms with Gasteiger partial charge in [0.1, 0.15) is 4.90 Å². The number of hydrogen-bond donors (Lipinski definition) is 2. The molecule has 0 unspecified atom stereocenters. The number of fused-ring (bicyclic) bond motifs is 1. The average Bonchev–Trinajstić information content (AvgIpc) is 3.13. The van der Waals surface area contributed by atoms with Crippen molar-refractivity contribution < 1.29 is 13.2 Å². The molecule has 0 aliphatic heterocycles. The molecule has 0 spiro atoms. The molecule has 1 heterocycles. The van der Waals surface area contributed by atoms with E-state index in [0.717, 1.165) is 10.9 Å². The molecule has 0 fully saturated rings. The largest absolute Gasteiger partial charge is 0.326 e. The maximum absolute atomic E-state index is 12.4. The number of primary sulfonamides is 1. The van der Waals surface area contributed by atoms with Crippen LogP contribution in [-0.2, 0) is 21.2 Å². The first-order valence-electron chi connectivity index (χ1n) is 8.96. The second-order valence-electron chi connectivity index (χ2n) is 6.66. The predicted molar refractivity (Wildman–Crippen MR) is 116 cm³/mol. The average molecular weight is 441 g/mol. The van der Waals surface area contributed by atoms with Gasteiger partial charge in [-0.2, -0.15) is 5.10 Å². The quantitative estimate of drug-likeness (QED) is 0.495. The van der Waals surface area contributed by atoms with Gasteiger partial charge >= 0.3 is 0 Å². The number of halogens is 1. The fourth-order valence-corrected chi connectivity index (χ4v) is 4.12. The zero-order valence-corrected chi connectivity index (χ0v) is 17.2. The number of benzene rings is 3. The van der Waals surface area contributed by atoms with E-state index >= 15 is 0 Å². The van der Waals surface area contributed by atoms with E-state index in [0.29, 0.717) is 22.0 Å². The minimum Gasteiger partial charge on any atom is -0.326 e. The minimum absolute atomic E-state index is 0.0515. The molecule has 3 aromatic carbocycles. The summed E-state index contributed by atoms with van der Waals surface area (Å²) in [4.78, 5) is 12.3. The Labute approximate surface area is 178 Å². The fourth-order valence-electron chi connectivity index (χ4n) is 3.18. The molecule has 4 aromatic rings. The Morgan fingerprint density at radius 2 is 1.80 bits per heavy atom. The van der Waals surface area contributed by atoms with E-state index in [-0.39, 0.29) is 17.2 Å². The Balaban J connectivity index is 1.69. The van der Waals surface area contributed by atoms with Crippen molar-refractivity contribution in [1.29, 1.82) is 0 Å². The molecule has 30 heavy (non-hydrogen) atoms. The molecule has 3 N–H and O–H groups in total. The van der Waals surface area contributed by atoms with Crippen LogP contribution in [0.2, 0.25) is 5.02 Å². The topological polar surface area (TPSA) is 107 Å². The van der Waals surface area contributed by atoms with Gasteiger partial charge in [-0.3, -0.25) is 4.79 Å². The van der Waals surface area contributed by atoms with Crippen molar-refractivity contribution in [3.05, 3.63) is 83.5 Å². The van der Waals surface area contributed by atoms with Crippen LogP contribution in [0.15, 0.2) is 77.8 Å². The van der Waals surface area contributed by atoms with Crippen molar-refractivity contribution in [1.82, 2.24) is 9.78 Å². The molecule has 152 valence electrons. The second-order valence-corrected chi connectivity index (χ2v) is 8.60. The van der Waals surface area contributed by atoms with Crippen LogP contribution in [0.25, 0.3) is 16.6 Å². The summed E-state index contributed by atoms with van der Waals surface area (Å²) in [6.07, 6.45) is 1.69. The van der Waals surface area contributed by atoms with Gasteiger partial charge in [0.15, 0.2) is 0 Å². The van der Waals surface area contributed by atoms with E-state index in [9.17, 15) is 13.2 Å². The Morgan fingerprint density at radius 1 is 1.07 bits per heavy atom. The van der Waals surface area contributed by atoms with Crippen LogP contribution in [0.3, 0.4) is 0 Å². The van der Waals surface area contributed by atoms with Crippen LogP contribution in [0.1, 0.15) is 5.56 Å². The SMILES string of the molecule is NS(=O)(=O)c1cc(NC(=O)Cc2ccccc2Cl)ccc1-n1ncc2ccccc21. The van der Waals surface area contributed by atoms with E-state index in [1.807, 2.05) is 24.3 Å². The zero-order chi connectivity index (χ0) is 21.3. The number of nitrogens with one attached hydrogen (secondary N) is 1. The van der Waals surface area contributed by atoms with Gasteiger partial charge in [-0.1, -0.05) is 48.0 Å². The molecule has 4 rings (SSSR count). The molecule has 0 atom stereocenters. The Bertz CT molecular complexity index is 1370. The fraction of sp³-hybridized carbons (Fsp3) is 0.0476. The first-order chi connectivity index (χ1) is 14.3. The van der Waals surface area contributed by atoms with Gasteiger partial charge in [-0.25, -0.2) is 18.2 Å². The van der Waals surface area contributed by atoms with E-state index in [1.54, 1.807) is 42.6 Å². The number of hydrogen-bond acceptors (Lipinski definition) is 4. The van der Waals surface area contributed by atoms with Crippen LogP contribution in [0.4, 0.5) is 5.69 Å². The summed E-state index contributed by atoms with van der Waals surface area (Å²) in [5.74, 6) is -0.333. The summed E-state index contributed by atoms with van der Waals surface area (Å²) in [7, 11) is -4.09. The minimum atomic E-state index is -4.09. The number of sulfonamides is 1. The van der Waals surface area contributed by atoms with E-state index < -0.39 is 10.0 Å². The molecule has 0 saturated carbocycles. The number of carbonyl (C=O) groups is 1. The molecular formula is C21H17ClN4O3S. The normalized spacial score (nSPS) is 11.5. The second kappa shape index (κ2) is 7.91. The van der Waals surface area contributed by atoms with Gasteiger partial charge in [0.25, 0.3) is 0 Å². The third-order valence-corrected chi connectivity index (χ3v) is 5.87. The Kier molecular flexibility index (Phi) is 5.29. The van der Waals surface area contributed by atoms with E-state index in [4.69, 9.17) is 16.7 Å². The first-order valence-corrected chi connectivity index (χ1v) is 10.9. The van der Waals surface area contributed by atoms with Crippen molar-refractivity contribution in [3.8, 4) is 5.69 Å². The van der Waals surface area contributed by atoms with Crippen molar-refractivity contribution in [3.63, 3.8) is 0 Å². The third kappa shape index (κ3) is 4.06. The molecule has 0 radical (unpaired) electrons. The number of anilines is 1. The van der Waals surface area contributed by atoms with Crippen molar-refractivity contribution in [2.75, 3.05) is 5.32 Å². The Hall–Kier alpha value is -3.20. The van der Waals surface area contributed by atoms with Gasteiger partial charge in [-0.15, -0.1) is 0 Å². The van der Waals surface area contributed by atoms with Crippen LogP contribution < -0.4 is 10.5 Å². The molecule has 0 saturated heterocycles. The van der Waals surface area contributed by atoms with E-state index in [1.165, 1.54) is 10.7 Å². The van der Waals surface area contributed by atoms with Crippen molar-refractivity contribution in [2.45, 2.75) is 11.3 Å². The number of carbonyl (C=O) groups excluding carboxylic acids is 1. The van der Waals surface area contributed by atoms with Crippen LogP contribution >= 0.6 is 11.6 Å². The highest BCUT2D eigenvalue weighted by Gasteiger charge is 2.19. The number of nitrogens with zero attached hydrogens (tertiary/aromatic N) is 2. The smallest absolute Gasteiger partial charge is 0.240 e. The number of para-hydroxylation sites is 1. The lowest BCUT2D eigenvalue weighted by molar-refractivity contribution is -0.115. The highest BCUT2D eigenvalue weighted by Crippen LogP contribution is 2.26. The zero-order valence-electron chi connectivity index (χ0n) is 15.6. The highest BCUT2D eigenvalue weighted by molar-refractivity contribution is 7.89. The number of nitrogens with two attached hydrogens (primary N) is 1. The van der Waals surface area contributed by atoms with Gasteiger partial charge < -0.3 is 5.32 Å². The molecule has 0 aliphatic carbocycles. The highest BCUT2D eigenvalue weighted by atomic mass is 35.5. The van der Waals surface area contributed by atoms with Gasteiger partial charge in [-0.05, 0) is 35.9 Å². The standard InChI is InChI=1S/C21H17ClN4O3S/c22-17-7-3-1-5-14(17)11-21(27)25-16-9-10-19(20(12-16)30(23,28)29)26-18-8-4-2-6-15(18)13-24-26/h1-10,12-13H,11H2,(H,25,27)(H2,23,28,29). The van der Waals surface area contributed by atoms with E-state index in [2.05, 4.69) is 10.4 Å². The summed E-state index contributed by atoms with van der Waals surface area (Å²) >= 11 is 6.10. The lowest BCUT2D eigenvalue weighted by Crippen LogP contribution is -2.18. The maximum Gasteiger partial charge on any atom is 0.240 e. The molecule has 0 aliphatic rings. The predicted octanol–water partition coefficient (Wildman–Crippen LogP) is 3.51. The van der Waals surface area contributed by atoms with Gasteiger partial charge in [0, 0.05) is 16.1 Å². The molecule has 0 bridgehead atoms. The molecule has 1 aromatic heterocycles. The van der Waals surface area contributed by atoms with Gasteiger partial charge in [0.05, 0.1) is 23.8 Å². The summed E-state index contributed by atoms with van der Waals surface area (Å²) < 4.78 is 26.0. The Morgan fingerprint density at radius 3 is 2.57 bits per heavy atom. The molecular weight excluding hydrogens is 424 g/mol. The summed E-state index contributed by atoms with van der Waals surface area (Å²) in [5.41, 5.74) is 2.00. The maximum atomic E-state index is 12.4. The molecule has 1 amide bonds. The van der Waals surface area contributed by atoms with Crippen LogP contribution in [0.5, 0.6) is 0 Å². The lowest BCUT2D eigenvalue weighted by atomic mass is 10.1. The third-order valence-electron chi connectivity index (χ3n) is 4.56.